The van der Waals surface area contributed by atoms with Gasteiger partial charge in [0.2, 0.25) is 5.91 Å². The maximum Gasteiger partial charge on any atom is 0.416 e. The Morgan fingerprint density at radius 2 is 2.00 bits per heavy atom. The molecule has 7 nitrogen and oxygen atoms in total. The van der Waals surface area contributed by atoms with Crippen molar-refractivity contribution in [2.45, 2.75) is 18.3 Å². The van der Waals surface area contributed by atoms with E-state index in [-0.39, 0.29) is 31.1 Å². The SMILES string of the molecule is O=C(CN(CCO)C1CS(=O)(=O)CC1O)Nc1cccc(C(F)(F)F)c1. The largest absolute Gasteiger partial charge is 0.416 e. The van der Waals surface area contributed by atoms with Crippen molar-refractivity contribution >= 4 is 21.4 Å². The lowest BCUT2D eigenvalue weighted by Gasteiger charge is -2.28. The van der Waals surface area contributed by atoms with Crippen molar-refractivity contribution in [3.8, 4) is 0 Å². The van der Waals surface area contributed by atoms with E-state index in [0.717, 1.165) is 18.2 Å². The van der Waals surface area contributed by atoms with E-state index in [1.165, 1.54) is 11.0 Å². The van der Waals surface area contributed by atoms with Crippen LogP contribution in [-0.4, -0.2) is 72.8 Å². The zero-order chi connectivity index (χ0) is 19.5. The molecule has 1 aromatic carbocycles. The summed E-state index contributed by atoms with van der Waals surface area (Å²) in [4.78, 5) is 13.4. The van der Waals surface area contributed by atoms with Gasteiger partial charge in [0, 0.05) is 12.2 Å². The van der Waals surface area contributed by atoms with Gasteiger partial charge in [-0.05, 0) is 18.2 Å². The molecule has 0 bridgehead atoms. The lowest BCUT2D eigenvalue weighted by Crippen LogP contribution is -2.47. The number of alkyl halides is 3. The number of aliphatic hydroxyl groups is 2. The Morgan fingerprint density at radius 1 is 1.31 bits per heavy atom. The maximum atomic E-state index is 12.7. The van der Waals surface area contributed by atoms with E-state index in [0.29, 0.717) is 0 Å². The Hall–Kier alpha value is -1.69. The second kappa shape index (κ2) is 7.91. The minimum absolute atomic E-state index is 0.0617. The van der Waals surface area contributed by atoms with Gasteiger partial charge in [0.15, 0.2) is 9.84 Å². The average Bonchev–Trinajstić information content (AvgIpc) is 2.79. The zero-order valence-electron chi connectivity index (χ0n) is 13.6. The number of amides is 1. The molecule has 2 atom stereocenters. The Morgan fingerprint density at radius 3 is 2.54 bits per heavy atom. The van der Waals surface area contributed by atoms with Crippen molar-refractivity contribution in [2.75, 3.05) is 36.5 Å². The number of nitrogens with one attached hydrogen (secondary N) is 1. The van der Waals surface area contributed by atoms with Gasteiger partial charge in [0.05, 0.1) is 42.4 Å². The van der Waals surface area contributed by atoms with Crippen molar-refractivity contribution in [1.82, 2.24) is 4.90 Å². The van der Waals surface area contributed by atoms with E-state index in [4.69, 9.17) is 5.11 Å². The molecule has 0 aromatic heterocycles. The lowest BCUT2D eigenvalue weighted by atomic mass is 10.1. The Kier molecular flexibility index (Phi) is 6.27. The van der Waals surface area contributed by atoms with Crippen LogP contribution in [0.5, 0.6) is 0 Å². The monoisotopic (exact) mass is 396 g/mol. The number of nitrogens with zero attached hydrogens (tertiary/aromatic N) is 1. The fourth-order valence-electron chi connectivity index (χ4n) is 2.81. The summed E-state index contributed by atoms with van der Waals surface area (Å²) in [5.74, 6) is -1.48. The molecule has 1 amide bonds. The fraction of sp³-hybridized carbons (Fsp3) is 0.533. The molecule has 0 saturated carbocycles. The van der Waals surface area contributed by atoms with E-state index in [2.05, 4.69) is 5.32 Å². The molecule has 2 unspecified atom stereocenters. The van der Waals surface area contributed by atoms with Crippen LogP contribution in [0.15, 0.2) is 24.3 Å². The summed E-state index contributed by atoms with van der Waals surface area (Å²) in [5.41, 5.74) is -0.979. The quantitative estimate of drug-likeness (QED) is 0.630. The van der Waals surface area contributed by atoms with Crippen LogP contribution in [0.3, 0.4) is 0 Å². The number of hydrogen-bond acceptors (Lipinski definition) is 6. The summed E-state index contributed by atoms with van der Waals surface area (Å²) >= 11 is 0. The smallest absolute Gasteiger partial charge is 0.395 e. The molecule has 1 fully saturated rings. The highest BCUT2D eigenvalue weighted by Crippen LogP contribution is 2.30. The summed E-state index contributed by atoms with van der Waals surface area (Å²) in [6.45, 7) is -0.818. The highest BCUT2D eigenvalue weighted by Gasteiger charge is 2.40. The van der Waals surface area contributed by atoms with E-state index in [9.17, 15) is 31.5 Å². The van der Waals surface area contributed by atoms with Crippen LogP contribution in [0.2, 0.25) is 0 Å². The van der Waals surface area contributed by atoms with Gasteiger partial charge in [0.25, 0.3) is 0 Å². The molecule has 0 radical (unpaired) electrons. The molecule has 1 aliphatic rings. The molecular weight excluding hydrogens is 377 g/mol. The topological polar surface area (TPSA) is 107 Å². The normalized spacial score (nSPS) is 22.5. The van der Waals surface area contributed by atoms with Crippen molar-refractivity contribution < 1.29 is 36.6 Å². The number of benzene rings is 1. The second-order valence-electron chi connectivity index (χ2n) is 6.03. The Labute approximate surface area is 148 Å². The molecule has 26 heavy (non-hydrogen) atoms. The number of anilines is 1. The number of carbonyl (C=O) groups excluding carboxylic acids is 1. The van der Waals surface area contributed by atoms with Crippen molar-refractivity contribution in [3.63, 3.8) is 0 Å². The molecule has 1 saturated heterocycles. The summed E-state index contributed by atoms with van der Waals surface area (Å²) in [5, 5.41) is 21.3. The van der Waals surface area contributed by atoms with Crippen LogP contribution in [-0.2, 0) is 20.8 Å². The van der Waals surface area contributed by atoms with Gasteiger partial charge in [-0.15, -0.1) is 0 Å². The van der Waals surface area contributed by atoms with Crippen molar-refractivity contribution in [2.24, 2.45) is 0 Å². The Bertz CT molecular complexity index is 754. The first-order chi connectivity index (χ1) is 12.0. The van der Waals surface area contributed by atoms with E-state index in [1.54, 1.807) is 0 Å². The first-order valence-electron chi connectivity index (χ1n) is 7.72. The molecule has 3 N–H and O–H groups in total. The standard InChI is InChI=1S/C15H19F3N2O5S/c16-15(17,18)10-2-1-3-11(6-10)19-14(23)7-20(4-5-21)12-8-26(24,25)9-13(12)22/h1-3,6,12-13,21-22H,4-5,7-9H2,(H,19,23). The van der Waals surface area contributed by atoms with Crippen LogP contribution in [0, 0.1) is 0 Å². The molecule has 0 aliphatic carbocycles. The van der Waals surface area contributed by atoms with E-state index >= 15 is 0 Å². The zero-order valence-corrected chi connectivity index (χ0v) is 14.4. The molecule has 2 rings (SSSR count). The summed E-state index contributed by atoms with van der Waals surface area (Å²) < 4.78 is 61.3. The van der Waals surface area contributed by atoms with Gasteiger partial charge in [-0.2, -0.15) is 13.2 Å². The molecule has 1 heterocycles. The minimum atomic E-state index is -4.55. The highest BCUT2D eigenvalue weighted by atomic mass is 32.2. The predicted molar refractivity (Wildman–Crippen MR) is 87.2 cm³/mol. The van der Waals surface area contributed by atoms with Gasteiger partial charge in [-0.25, -0.2) is 8.42 Å². The number of carbonyl (C=O) groups is 1. The van der Waals surface area contributed by atoms with Crippen molar-refractivity contribution in [3.05, 3.63) is 29.8 Å². The maximum absolute atomic E-state index is 12.7. The highest BCUT2D eigenvalue weighted by molar-refractivity contribution is 7.91. The van der Waals surface area contributed by atoms with Crippen LogP contribution < -0.4 is 5.32 Å². The molecule has 11 heteroatoms. The second-order valence-corrected chi connectivity index (χ2v) is 8.19. The van der Waals surface area contributed by atoms with E-state index < -0.39 is 45.4 Å². The molecule has 0 spiro atoms. The third kappa shape index (κ3) is 5.40. The third-order valence-corrected chi connectivity index (χ3v) is 5.67. The Balaban J connectivity index is 2.07. The van der Waals surface area contributed by atoms with Crippen molar-refractivity contribution in [1.29, 1.82) is 0 Å². The minimum Gasteiger partial charge on any atom is -0.395 e. The van der Waals surface area contributed by atoms with Crippen LogP contribution in [0.25, 0.3) is 0 Å². The lowest BCUT2D eigenvalue weighted by molar-refractivity contribution is -0.137. The van der Waals surface area contributed by atoms with Gasteiger partial charge in [0.1, 0.15) is 0 Å². The number of hydrogen-bond donors (Lipinski definition) is 3. The van der Waals surface area contributed by atoms with Crippen LogP contribution >= 0.6 is 0 Å². The van der Waals surface area contributed by atoms with E-state index in [1.807, 2.05) is 0 Å². The first kappa shape index (κ1) is 20.6. The van der Waals surface area contributed by atoms with Gasteiger partial charge >= 0.3 is 6.18 Å². The third-order valence-electron chi connectivity index (χ3n) is 3.97. The number of halogens is 3. The first-order valence-corrected chi connectivity index (χ1v) is 9.54. The fourth-order valence-corrected chi connectivity index (χ4v) is 4.64. The molecular formula is C15H19F3N2O5S. The molecule has 1 aromatic rings. The van der Waals surface area contributed by atoms with Crippen LogP contribution in [0.1, 0.15) is 5.56 Å². The predicted octanol–water partition coefficient (Wildman–Crippen LogP) is 0.0961. The summed E-state index contributed by atoms with van der Waals surface area (Å²) in [7, 11) is -3.45. The average molecular weight is 396 g/mol. The number of aliphatic hydroxyl groups excluding tert-OH is 2. The van der Waals surface area contributed by atoms with Gasteiger partial charge in [-0.3, -0.25) is 9.69 Å². The summed E-state index contributed by atoms with van der Waals surface area (Å²) in [6, 6.07) is 3.23. The van der Waals surface area contributed by atoms with Crippen LogP contribution in [0.4, 0.5) is 18.9 Å². The number of rotatable bonds is 6. The van der Waals surface area contributed by atoms with Gasteiger partial charge in [-0.1, -0.05) is 6.07 Å². The molecule has 146 valence electrons. The summed E-state index contributed by atoms with van der Waals surface area (Å²) in [6.07, 6.45) is -5.75. The van der Waals surface area contributed by atoms with Gasteiger partial charge < -0.3 is 15.5 Å². The molecule has 1 aliphatic heterocycles. The number of sulfone groups is 1.